The van der Waals surface area contributed by atoms with Crippen molar-refractivity contribution in [3.8, 4) is 0 Å². The van der Waals surface area contributed by atoms with Gasteiger partial charge in [0.05, 0.1) is 0 Å². The van der Waals surface area contributed by atoms with Crippen LogP contribution in [0.25, 0.3) is 0 Å². The van der Waals surface area contributed by atoms with Crippen LogP contribution in [0.2, 0.25) is 0 Å². The van der Waals surface area contributed by atoms with Crippen molar-refractivity contribution in [1.29, 1.82) is 0 Å². The van der Waals surface area contributed by atoms with Crippen LogP contribution >= 0.6 is 0 Å². The SMILES string of the molecule is CC1CC2=CCCCCC21. The number of allylic oxidation sites excluding steroid dienone is 2. The summed E-state index contributed by atoms with van der Waals surface area (Å²) in [5, 5.41) is 0. The number of hydrogen-bond acceptors (Lipinski definition) is 0. The summed E-state index contributed by atoms with van der Waals surface area (Å²) in [7, 11) is 0. The second kappa shape index (κ2) is 2.41. The first-order valence-corrected chi connectivity index (χ1v) is 4.57. The van der Waals surface area contributed by atoms with Crippen LogP contribution in [0.3, 0.4) is 0 Å². The molecular weight excluding hydrogens is 120 g/mol. The zero-order valence-corrected chi connectivity index (χ0v) is 6.77. The summed E-state index contributed by atoms with van der Waals surface area (Å²) in [6.07, 6.45) is 9.65. The normalized spacial score (nSPS) is 39.1. The minimum absolute atomic E-state index is 1.00. The van der Waals surface area contributed by atoms with Crippen molar-refractivity contribution in [3.63, 3.8) is 0 Å². The second-order valence-corrected chi connectivity index (χ2v) is 3.85. The van der Waals surface area contributed by atoms with Gasteiger partial charge in [-0.1, -0.05) is 25.0 Å². The molecule has 2 aliphatic rings. The van der Waals surface area contributed by atoms with Crippen molar-refractivity contribution in [3.05, 3.63) is 11.6 Å². The topological polar surface area (TPSA) is 0 Å². The molecule has 0 amide bonds. The molecule has 0 N–H and O–H groups in total. The van der Waals surface area contributed by atoms with Crippen LogP contribution in [0, 0.1) is 11.8 Å². The molecule has 0 aromatic heterocycles. The van der Waals surface area contributed by atoms with E-state index in [1.807, 2.05) is 0 Å². The summed E-state index contributed by atoms with van der Waals surface area (Å²) in [6, 6.07) is 0. The van der Waals surface area contributed by atoms with Crippen LogP contribution < -0.4 is 0 Å². The molecule has 0 spiro atoms. The first kappa shape index (κ1) is 6.45. The molecule has 0 aliphatic heterocycles. The molecule has 56 valence electrons. The Hall–Kier alpha value is -0.260. The van der Waals surface area contributed by atoms with E-state index in [0.29, 0.717) is 0 Å². The Morgan fingerprint density at radius 2 is 2.30 bits per heavy atom. The van der Waals surface area contributed by atoms with Crippen LogP contribution in [0.1, 0.15) is 39.0 Å². The van der Waals surface area contributed by atoms with E-state index in [4.69, 9.17) is 0 Å². The fourth-order valence-corrected chi connectivity index (χ4v) is 2.37. The van der Waals surface area contributed by atoms with E-state index < -0.39 is 0 Å². The molecule has 0 bridgehead atoms. The molecule has 1 saturated carbocycles. The van der Waals surface area contributed by atoms with Gasteiger partial charge in [-0.25, -0.2) is 0 Å². The summed E-state index contributed by atoms with van der Waals surface area (Å²) >= 11 is 0. The number of fused-ring (bicyclic) bond motifs is 1. The summed E-state index contributed by atoms with van der Waals surface area (Å²) in [4.78, 5) is 0. The first-order valence-electron chi connectivity index (χ1n) is 4.57. The third kappa shape index (κ3) is 0.902. The molecule has 2 aliphatic carbocycles. The lowest BCUT2D eigenvalue weighted by atomic mass is 9.69. The van der Waals surface area contributed by atoms with Crippen molar-refractivity contribution in [1.82, 2.24) is 0 Å². The Balaban J connectivity index is 2.06. The highest BCUT2D eigenvalue weighted by atomic mass is 14.4. The van der Waals surface area contributed by atoms with Gasteiger partial charge in [0.25, 0.3) is 0 Å². The molecule has 0 radical (unpaired) electrons. The lowest BCUT2D eigenvalue weighted by Crippen LogP contribution is -2.25. The zero-order valence-electron chi connectivity index (χ0n) is 6.77. The van der Waals surface area contributed by atoms with E-state index >= 15 is 0 Å². The standard InChI is InChI=1S/C10H16/c1-8-7-9-5-3-2-4-6-10(8)9/h5,8,10H,2-4,6-7H2,1H3. The average Bonchev–Trinajstić information content (AvgIpc) is 2.09. The lowest BCUT2D eigenvalue weighted by Gasteiger charge is -2.36. The molecule has 0 saturated heterocycles. The monoisotopic (exact) mass is 136 g/mol. The number of hydrogen-bond donors (Lipinski definition) is 0. The first-order chi connectivity index (χ1) is 4.88. The molecule has 0 heteroatoms. The summed E-state index contributed by atoms with van der Waals surface area (Å²) < 4.78 is 0. The predicted octanol–water partition coefficient (Wildman–Crippen LogP) is 3.14. The molecule has 0 nitrogen and oxygen atoms in total. The van der Waals surface area contributed by atoms with Gasteiger partial charge in [0.2, 0.25) is 0 Å². The molecule has 2 rings (SSSR count). The van der Waals surface area contributed by atoms with E-state index in [1.54, 1.807) is 5.57 Å². The van der Waals surface area contributed by atoms with E-state index in [-0.39, 0.29) is 0 Å². The van der Waals surface area contributed by atoms with E-state index in [1.165, 1.54) is 32.1 Å². The minimum atomic E-state index is 1.00. The molecule has 10 heavy (non-hydrogen) atoms. The highest BCUT2D eigenvalue weighted by Gasteiger charge is 2.31. The maximum Gasteiger partial charge on any atom is -0.0174 e. The predicted molar refractivity (Wildman–Crippen MR) is 43.8 cm³/mol. The molecule has 1 fully saturated rings. The van der Waals surface area contributed by atoms with Gasteiger partial charge in [0, 0.05) is 0 Å². The maximum atomic E-state index is 2.50. The van der Waals surface area contributed by atoms with E-state index in [2.05, 4.69) is 13.0 Å². The van der Waals surface area contributed by atoms with Gasteiger partial charge in [-0.2, -0.15) is 0 Å². The van der Waals surface area contributed by atoms with Crippen molar-refractivity contribution in [2.24, 2.45) is 11.8 Å². The fourth-order valence-electron chi connectivity index (χ4n) is 2.37. The Labute approximate surface area is 63.3 Å². The van der Waals surface area contributed by atoms with Gasteiger partial charge in [-0.3, -0.25) is 0 Å². The largest absolute Gasteiger partial charge is 0.0850 e. The maximum absolute atomic E-state index is 2.50. The van der Waals surface area contributed by atoms with Gasteiger partial charge in [-0.05, 0) is 37.5 Å². The molecule has 0 heterocycles. The minimum Gasteiger partial charge on any atom is -0.0850 e. The fraction of sp³-hybridized carbons (Fsp3) is 0.800. The van der Waals surface area contributed by atoms with Crippen molar-refractivity contribution < 1.29 is 0 Å². The van der Waals surface area contributed by atoms with Gasteiger partial charge in [-0.15, -0.1) is 0 Å². The third-order valence-corrected chi connectivity index (χ3v) is 3.10. The van der Waals surface area contributed by atoms with Crippen LogP contribution in [-0.2, 0) is 0 Å². The van der Waals surface area contributed by atoms with E-state index in [0.717, 1.165) is 11.8 Å². The van der Waals surface area contributed by atoms with Gasteiger partial charge in [0.1, 0.15) is 0 Å². The second-order valence-electron chi connectivity index (χ2n) is 3.85. The molecular formula is C10H16. The Morgan fingerprint density at radius 1 is 1.40 bits per heavy atom. The van der Waals surface area contributed by atoms with Gasteiger partial charge >= 0.3 is 0 Å². The molecule has 2 unspecified atom stereocenters. The third-order valence-electron chi connectivity index (χ3n) is 3.10. The quantitative estimate of drug-likeness (QED) is 0.449. The zero-order chi connectivity index (χ0) is 6.97. The van der Waals surface area contributed by atoms with Gasteiger partial charge < -0.3 is 0 Å². The Morgan fingerprint density at radius 3 is 3.10 bits per heavy atom. The van der Waals surface area contributed by atoms with Crippen LogP contribution in [0.4, 0.5) is 0 Å². The lowest BCUT2D eigenvalue weighted by molar-refractivity contribution is 0.282. The summed E-state index contributed by atoms with van der Waals surface area (Å²) in [5.41, 5.74) is 1.78. The van der Waals surface area contributed by atoms with Crippen LogP contribution in [0.15, 0.2) is 11.6 Å². The highest BCUT2D eigenvalue weighted by Crippen LogP contribution is 2.44. The van der Waals surface area contributed by atoms with E-state index in [9.17, 15) is 0 Å². The average molecular weight is 136 g/mol. The summed E-state index contributed by atoms with van der Waals surface area (Å²) in [6.45, 7) is 2.40. The van der Waals surface area contributed by atoms with Crippen molar-refractivity contribution in [2.75, 3.05) is 0 Å². The highest BCUT2D eigenvalue weighted by molar-refractivity contribution is 5.18. The Bertz CT molecular complexity index is 155. The van der Waals surface area contributed by atoms with Crippen molar-refractivity contribution in [2.45, 2.75) is 39.0 Å². The number of rotatable bonds is 0. The summed E-state index contributed by atoms with van der Waals surface area (Å²) in [5.74, 6) is 2.01. The molecule has 0 aromatic rings. The molecule has 0 aromatic carbocycles. The van der Waals surface area contributed by atoms with Crippen molar-refractivity contribution >= 4 is 0 Å². The van der Waals surface area contributed by atoms with Crippen LogP contribution in [0.5, 0.6) is 0 Å². The van der Waals surface area contributed by atoms with Crippen LogP contribution in [-0.4, -0.2) is 0 Å². The Kier molecular flexibility index (Phi) is 1.55. The smallest absolute Gasteiger partial charge is 0.0174 e. The van der Waals surface area contributed by atoms with Gasteiger partial charge in [0.15, 0.2) is 0 Å². The molecule has 2 atom stereocenters.